The van der Waals surface area contributed by atoms with Crippen LogP contribution in [0.4, 0.5) is 11.4 Å². The van der Waals surface area contributed by atoms with Crippen molar-refractivity contribution in [3.63, 3.8) is 0 Å². The van der Waals surface area contributed by atoms with Gasteiger partial charge in [-0.1, -0.05) is 112 Å². The summed E-state index contributed by atoms with van der Waals surface area (Å²) in [6.45, 7) is 0. The second-order valence-corrected chi connectivity index (χ2v) is 17.2. The van der Waals surface area contributed by atoms with E-state index in [2.05, 4.69) is 84.3 Å². The van der Waals surface area contributed by atoms with Crippen molar-refractivity contribution in [2.75, 3.05) is 10.6 Å². The van der Waals surface area contributed by atoms with Gasteiger partial charge in [0.2, 0.25) is 11.8 Å². The molecule has 7 aromatic rings. The Morgan fingerprint density at radius 3 is 1.48 bits per heavy atom. The van der Waals surface area contributed by atoms with Crippen molar-refractivity contribution in [3.8, 4) is 17.0 Å². The molecular formula is C44H26Br4N4O4. The van der Waals surface area contributed by atoms with Gasteiger partial charge in [0.1, 0.15) is 0 Å². The van der Waals surface area contributed by atoms with E-state index in [1.54, 1.807) is 0 Å². The molecule has 2 unspecified atom stereocenters. The number of aromatic hydroxyl groups is 1. The summed E-state index contributed by atoms with van der Waals surface area (Å²) in [6, 6.07) is 38.4. The van der Waals surface area contributed by atoms with E-state index in [9.17, 15) is 19.5 Å². The molecule has 1 aromatic heterocycles. The molecule has 12 heteroatoms. The van der Waals surface area contributed by atoms with Gasteiger partial charge in [0.15, 0.2) is 5.88 Å². The van der Waals surface area contributed by atoms with Gasteiger partial charge in [-0.05, 0) is 106 Å². The molecule has 10 rings (SSSR count). The minimum absolute atomic E-state index is 0.0486. The van der Waals surface area contributed by atoms with Gasteiger partial charge in [0.05, 0.1) is 28.3 Å². The van der Waals surface area contributed by atoms with E-state index in [1.807, 2.05) is 121 Å². The van der Waals surface area contributed by atoms with Crippen molar-refractivity contribution >= 4 is 109 Å². The summed E-state index contributed by atoms with van der Waals surface area (Å²) in [7, 11) is 0. The Hall–Kier alpha value is -5.14. The first-order chi connectivity index (χ1) is 27.0. The summed E-state index contributed by atoms with van der Waals surface area (Å²) in [6.07, 6.45) is 0. The number of aromatic nitrogens is 1. The molecule has 4 heterocycles. The van der Waals surface area contributed by atoms with Crippen molar-refractivity contribution in [3.05, 3.63) is 178 Å². The molecule has 0 saturated heterocycles. The third-order valence-electron chi connectivity index (χ3n) is 10.2. The summed E-state index contributed by atoms with van der Waals surface area (Å²) in [5, 5.41) is 18.7. The highest BCUT2D eigenvalue weighted by Crippen LogP contribution is 2.46. The van der Waals surface area contributed by atoms with Crippen LogP contribution in [-0.2, 0) is 14.4 Å². The number of rotatable bonds is 4. The fraction of sp³-hybridized carbons (Fsp3) is 0.0455. The molecule has 0 spiro atoms. The molecule has 4 N–H and O–H groups in total. The summed E-state index contributed by atoms with van der Waals surface area (Å²) >= 11 is 13.7. The predicted molar refractivity (Wildman–Crippen MR) is 231 cm³/mol. The Labute approximate surface area is 353 Å². The number of anilines is 2. The maximum Gasteiger partial charge on any atom is 0.278 e. The molecule has 3 aliphatic heterocycles. The number of halogens is 4. The number of H-pyrrole nitrogens is 1. The van der Waals surface area contributed by atoms with Crippen LogP contribution >= 0.6 is 63.7 Å². The lowest BCUT2D eigenvalue weighted by atomic mass is 9.88. The van der Waals surface area contributed by atoms with E-state index < -0.39 is 0 Å². The van der Waals surface area contributed by atoms with Crippen molar-refractivity contribution in [1.82, 2.24) is 4.98 Å². The second kappa shape index (κ2) is 14.4. The van der Waals surface area contributed by atoms with Crippen molar-refractivity contribution < 1.29 is 19.5 Å². The minimum atomic E-state index is -0.378. The summed E-state index contributed by atoms with van der Waals surface area (Å²) in [5.41, 5.74) is 8.91. The average molecular weight is 994 g/mol. The first-order valence-electron chi connectivity index (χ1n) is 17.4. The number of carbonyl (C=O) groups excluding carboxylic acids is 3. The number of amides is 3. The topological polar surface area (TPSA) is 124 Å². The Kier molecular flexibility index (Phi) is 9.40. The van der Waals surface area contributed by atoms with Crippen molar-refractivity contribution in [2.45, 2.75) is 11.8 Å². The van der Waals surface area contributed by atoms with Gasteiger partial charge in [0, 0.05) is 45.4 Å². The highest BCUT2D eigenvalue weighted by Gasteiger charge is 2.38. The maximum absolute atomic E-state index is 12.7. The lowest BCUT2D eigenvalue weighted by molar-refractivity contribution is -0.117. The molecule has 56 heavy (non-hydrogen) atoms. The number of carbonyl (C=O) groups is 3. The molecular weight excluding hydrogens is 968 g/mol. The van der Waals surface area contributed by atoms with Crippen molar-refractivity contribution in [1.29, 1.82) is 0 Å². The zero-order valence-corrected chi connectivity index (χ0v) is 35.2. The van der Waals surface area contributed by atoms with Gasteiger partial charge in [-0.25, -0.2) is 4.99 Å². The maximum atomic E-state index is 12.7. The minimum Gasteiger partial charge on any atom is -0.494 e. The van der Waals surface area contributed by atoms with Gasteiger partial charge >= 0.3 is 0 Å². The normalized spacial score (nSPS) is 16.4. The third kappa shape index (κ3) is 6.54. The summed E-state index contributed by atoms with van der Waals surface area (Å²) in [4.78, 5) is 45.2. The van der Waals surface area contributed by atoms with Crippen LogP contribution in [0.2, 0.25) is 0 Å². The molecule has 8 nitrogen and oxygen atoms in total. The number of hydrogen-bond donors (Lipinski definition) is 4. The fourth-order valence-electron chi connectivity index (χ4n) is 7.59. The molecule has 6 aromatic carbocycles. The first kappa shape index (κ1) is 36.5. The monoisotopic (exact) mass is 990 g/mol. The summed E-state index contributed by atoms with van der Waals surface area (Å²) in [5.74, 6) is -1.01. The lowest BCUT2D eigenvalue weighted by Gasteiger charge is -2.12. The molecule has 3 aliphatic rings. The van der Waals surface area contributed by atoms with Crippen LogP contribution in [0.1, 0.15) is 39.7 Å². The quantitative estimate of drug-likeness (QED) is 0.140. The SMILES string of the molecule is O=C1N=c2cc3c(-c4ccc(Br)cc4)c(O)[nH]c3cc2=C1c1ccc(Br)cc1.O=C1Nc2cc3c(cc2C1c1ccc(Br)cc1)NC(=O)C3c1ccc(Br)cc1. The Balaban J connectivity index is 0.000000146. The smallest absolute Gasteiger partial charge is 0.278 e. The zero-order chi connectivity index (χ0) is 38.8. The van der Waals surface area contributed by atoms with E-state index in [-0.39, 0.29) is 35.4 Å². The van der Waals surface area contributed by atoms with Gasteiger partial charge in [0.25, 0.3) is 5.91 Å². The van der Waals surface area contributed by atoms with Crippen LogP contribution in [0.3, 0.4) is 0 Å². The van der Waals surface area contributed by atoms with Crippen LogP contribution < -0.4 is 21.2 Å². The predicted octanol–water partition coefficient (Wildman–Crippen LogP) is 9.80. The number of nitrogens with one attached hydrogen (secondary N) is 3. The van der Waals surface area contributed by atoms with E-state index >= 15 is 0 Å². The Morgan fingerprint density at radius 2 is 1.00 bits per heavy atom. The van der Waals surface area contributed by atoms with Gasteiger partial charge < -0.3 is 20.7 Å². The third-order valence-corrected chi connectivity index (χ3v) is 12.3. The number of aromatic amines is 1. The Morgan fingerprint density at radius 1 is 0.554 bits per heavy atom. The van der Waals surface area contributed by atoms with Gasteiger partial charge in [-0.2, -0.15) is 0 Å². The second-order valence-electron chi connectivity index (χ2n) is 13.5. The van der Waals surface area contributed by atoms with Crippen LogP contribution in [0.5, 0.6) is 5.88 Å². The van der Waals surface area contributed by atoms with Crippen LogP contribution in [0, 0.1) is 0 Å². The largest absolute Gasteiger partial charge is 0.494 e. The molecule has 274 valence electrons. The van der Waals surface area contributed by atoms with E-state index in [0.29, 0.717) is 16.5 Å². The first-order valence-corrected chi connectivity index (χ1v) is 20.5. The van der Waals surface area contributed by atoms with Crippen molar-refractivity contribution in [2.24, 2.45) is 4.99 Å². The fourth-order valence-corrected chi connectivity index (χ4v) is 8.64. The number of hydrogen-bond acceptors (Lipinski definition) is 4. The molecule has 2 atom stereocenters. The number of fused-ring (bicyclic) bond motifs is 4. The van der Waals surface area contributed by atoms with E-state index in [1.165, 1.54) is 0 Å². The average Bonchev–Trinajstić information content (AvgIpc) is 3.88. The number of nitrogens with zero attached hydrogens (tertiary/aromatic N) is 1. The standard InChI is InChI=1S/C22H14Br2N2O2.C22H12Br2N2O2/c2*23-13-5-1-11(2-6-13)19-15-9-18-16(10-17(15)25-21(19)27)20(22(28)26-18)12-3-7-14(24)8-4-12/h1-10,19-20H,(H,25,27)(H,26,28);1-10,25,27H. The molecule has 0 saturated carbocycles. The van der Waals surface area contributed by atoms with Crippen LogP contribution in [-0.4, -0.2) is 27.8 Å². The van der Waals surface area contributed by atoms with E-state index in [0.717, 1.165) is 78.8 Å². The highest BCUT2D eigenvalue weighted by molar-refractivity contribution is 9.11. The zero-order valence-electron chi connectivity index (χ0n) is 28.8. The van der Waals surface area contributed by atoms with Crippen LogP contribution in [0.15, 0.2) is 144 Å². The molecule has 3 amide bonds. The molecule has 0 aliphatic carbocycles. The molecule has 0 radical (unpaired) electrons. The lowest BCUT2D eigenvalue weighted by Crippen LogP contribution is -2.23. The molecule has 0 fully saturated rings. The summed E-state index contributed by atoms with van der Waals surface area (Å²) < 4.78 is 3.84. The Bertz CT molecular complexity index is 2820. The van der Waals surface area contributed by atoms with Gasteiger partial charge in [-0.15, -0.1) is 0 Å². The highest BCUT2D eigenvalue weighted by atomic mass is 79.9. The van der Waals surface area contributed by atoms with Gasteiger partial charge in [-0.3, -0.25) is 14.4 Å². The van der Waals surface area contributed by atoms with E-state index in [4.69, 9.17) is 0 Å². The van der Waals surface area contributed by atoms with Crippen LogP contribution in [0.25, 0.3) is 27.6 Å². The number of benzene rings is 6. The molecule has 0 bridgehead atoms.